The molecule has 21 heavy (non-hydrogen) atoms. The van der Waals surface area contributed by atoms with E-state index in [1.165, 1.54) is 6.07 Å². The lowest BCUT2D eigenvalue weighted by molar-refractivity contribution is -0.146. The number of hydrogen-bond acceptors (Lipinski definition) is 7. The van der Waals surface area contributed by atoms with Crippen LogP contribution in [-0.4, -0.2) is 31.7 Å². The van der Waals surface area contributed by atoms with Gasteiger partial charge >= 0.3 is 6.18 Å². The molecule has 0 saturated carbocycles. The molecule has 0 aromatic carbocycles. The van der Waals surface area contributed by atoms with Gasteiger partial charge in [-0.2, -0.15) is 13.2 Å². The standard InChI is InChI=1S/C9H9F3N6O2S/c1-4-2-6(20-17-4)14-5(19)3-21-8-16-15-7(18(8)13)9(10,11)12/h2H,3,13H2,1H3,(H,14,19). The lowest BCUT2D eigenvalue weighted by Gasteiger charge is -2.05. The van der Waals surface area contributed by atoms with Crippen LogP contribution < -0.4 is 11.2 Å². The van der Waals surface area contributed by atoms with Crippen molar-refractivity contribution < 1.29 is 22.5 Å². The van der Waals surface area contributed by atoms with Crippen LogP contribution in [0.25, 0.3) is 0 Å². The Labute approximate surface area is 119 Å². The maximum absolute atomic E-state index is 12.4. The van der Waals surface area contributed by atoms with E-state index in [4.69, 9.17) is 10.4 Å². The molecule has 0 aliphatic rings. The molecule has 8 nitrogen and oxygen atoms in total. The number of nitrogens with zero attached hydrogens (tertiary/aromatic N) is 4. The second-order valence-corrected chi connectivity index (χ2v) is 4.79. The number of aryl methyl sites for hydroxylation is 1. The van der Waals surface area contributed by atoms with E-state index in [2.05, 4.69) is 20.7 Å². The van der Waals surface area contributed by atoms with Gasteiger partial charge in [-0.05, 0) is 6.92 Å². The Balaban J connectivity index is 1.94. The van der Waals surface area contributed by atoms with Crippen molar-refractivity contribution in [2.24, 2.45) is 0 Å². The van der Waals surface area contributed by atoms with Crippen LogP contribution in [0.15, 0.2) is 15.7 Å². The molecule has 0 unspecified atom stereocenters. The molecule has 2 aromatic heterocycles. The fraction of sp³-hybridized carbons (Fsp3) is 0.333. The second kappa shape index (κ2) is 5.63. The Kier molecular flexibility index (Phi) is 4.06. The smallest absolute Gasteiger partial charge is 0.338 e. The summed E-state index contributed by atoms with van der Waals surface area (Å²) in [5.74, 6) is 3.31. The predicted octanol–water partition coefficient (Wildman–Crippen LogP) is 1.04. The maximum Gasteiger partial charge on any atom is 0.453 e. The summed E-state index contributed by atoms with van der Waals surface area (Å²) in [6, 6.07) is 1.50. The number of nitrogens with one attached hydrogen (secondary N) is 1. The van der Waals surface area contributed by atoms with Crippen LogP contribution in [0.1, 0.15) is 11.5 Å². The summed E-state index contributed by atoms with van der Waals surface area (Å²) in [5.41, 5.74) is 0.578. The Morgan fingerprint density at radius 1 is 1.52 bits per heavy atom. The number of carbonyl (C=O) groups is 1. The molecule has 0 radical (unpaired) electrons. The third-order valence-electron chi connectivity index (χ3n) is 2.14. The summed E-state index contributed by atoms with van der Waals surface area (Å²) in [7, 11) is 0. The first-order valence-corrected chi connectivity index (χ1v) is 6.39. The Morgan fingerprint density at radius 3 is 2.76 bits per heavy atom. The van der Waals surface area contributed by atoms with Gasteiger partial charge < -0.3 is 10.4 Å². The molecule has 12 heteroatoms. The first-order chi connectivity index (χ1) is 9.77. The lowest BCUT2D eigenvalue weighted by atomic mass is 10.5. The van der Waals surface area contributed by atoms with Gasteiger partial charge in [0.15, 0.2) is 0 Å². The highest BCUT2D eigenvalue weighted by molar-refractivity contribution is 7.99. The van der Waals surface area contributed by atoms with E-state index >= 15 is 0 Å². The number of anilines is 1. The van der Waals surface area contributed by atoms with Crippen molar-refractivity contribution in [2.75, 3.05) is 16.9 Å². The van der Waals surface area contributed by atoms with Crippen molar-refractivity contribution in [3.63, 3.8) is 0 Å². The molecule has 114 valence electrons. The summed E-state index contributed by atoms with van der Waals surface area (Å²) in [5, 5.41) is 11.9. The number of rotatable bonds is 4. The summed E-state index contributed by atoms with van der Waals surface area (Å²) in [6.07, 6.45) is -4.71. The molecule has 3 N–H and O–H groups in total. The molecule has 0 aliphatic carbocycles. The topological polar surface area (TPSA) is 112 Å². The largest absolute Gasteiger partial charge is 0.453 e. The van der Waals surface area contributed by atoms with E-state index < -0.39 is 17.9 Å². The Morgan fingerprint density at radius 2 is 2.24 bits per heavy atom. The number of aromatic nitrogens is 4. The van der Waals surface area contributed by atoms with Crippen LogP contribution in [0.3, 0.4) is 0 Å². The zero-order chi connectivity index (χ0) is 15.6. The lowest BCUT2D eigenvalue weighted by Crippen LogP contribution is -2.21. The molecule has 1 amide bonds. The highest BCUT2D eigenvalue weighted by Gasteiger charge is 2.38. The van der Waals surface area contributed by atoms with Gasteiger partial charge in [0, 0.05) is 6.07 Å². The molecule has 0 saturated heterocycles. The number of thioether (sulfide) groups is 1. The first-order valence-electron chi connectivity index (χ1n) is 5.41. The average molecular weight is 322 g/mol. The van der Waals surface area contributed by atoms with E-state index in [0.29, 0.717) is 17.5 Å². The van der Waals surface area contributed by atoms with Gasteiger partial charge in [-0.15, -0.1) is 10.2 Å². The highest BCUT2D eigenvalue weighted by Crippen LogP contribution is 2.28. The molecule has 0 aliphatic heterocycles. The zero-order valence-electron chi connectivity index (χ0n) is 10.5. The van der Waals surface area contributed by atoms with Crippen LogP contribution in [-0.2, 0) is 11.0 Å². The van der Waals surface area contributed by atoms with Crippen LogP contribution >= 0.6 is 11.8 Å². The third kappa shape index (κ3) is 3.65. The van der Waals surface area contributed by atoms with Crippen molar-refractivity contribution in [2.45, 2.75) is 18.3 Å². The molecule has 0 bridgehead atoms. The molecule has 2 rings (SSSR count). The summed E-state index contributed by atoms with van der Waals surface area (Å²) < 4.78 is 42.4. The van der Waals surface area contributed by atoms with Gasteiger partial charge in [0.25, 0.3) is 5.82 Å². The number of carbonyl (C=O) groups excluding carboxylic acids is 1. The van der Waals surface area contributed by atoms with Gasteiger partial charge in [-0.3, -0.25) is 10.1 Å². The maximum atomic E-state index is 12.4. The van der Waals surface area contributed by atoms with Crippen molar-refractivity contribution in [1.82, 2.24) is 20.0 Å². The molecule has 2 heterocycles. The summed E-state index contributed by atoms with van der Waals surface area (Å²) >= 11 is 0.708. The van der Waals surface area contributed by atoms with Crippen molar-refractivity contribution >= 4 is 23.6 Å². The zero-order valence-corrected chi connectivity index (χ0v) is 11.3. The van der Waals surface area contributed by atoms with Gasteiger partial charge in [0.05, 0.1) is 11.4 Å². The summed E-state index contributed by atoms with van der Waals surface area (Å²) in [6.45, 7) is 1.67. The fourth-order valence-electron chi connectivity index (χ4n) is 1.29. The van der Waals surface area contributed by atoms with Crippen molar-refractivity contribution in [3.05, 3.63) is 17.6 Å². The number of amides is 1. The first kappa shape index (κ1) is 15.2. The van der Waals surface area contributed by atoms with Gasteiger partial charge in [-0.25, -0.2) is 4.68 Å². The average Bonchev–Trinajstić information content (AvgIpc) is 2.92. The minimum atomic E-state index is -4.71. The quantitative estimate of drug-likeness (QED) is 0.639. The number of hydrogen-bond donors (Lipinski definition) is 2. The van der Waals surface area contributed by atoms with Crippen LogP contribution in [0.5, 0.6) is 0 Å². The molecular formula is C9H9F3N6O2S. The molecule has 0 spiro atoms. The van der Waals surface area contributed by atoms with Gasteiger partial charge in [0.2, 0.25) is 16.9 Å². The van der Waals surface area contributed by atoms with E-state index in [9.17, 15) is 18.0 Å². The second-order valence-electron chi connectivity index (χ2n) is 3.84. The Bertz CT molecular complexity index is 652. The molecule has 2 aromatic rings. The third-order valence-corrected chi connectivity index (χ3v) is 3.08. The van der Waals surface area contributed by atoms with Crippen molar-refractivity contribution in [1.29, 1.82) is 0 Å². The van der Waals surface area contributed by atoms with Crippen molar-refractivity contribution in [3.8, 4) is 0 Å². The molecular weight excluding hydrogens is 313 g/mol. The van der Waals surface area contributed by atoms with E-state index in [1.807, 2.05) is 0 Å². The van der Waals surface area contributed by atoms with E-state index in [1.54, 1.807) is 6.92 Å². The fourth-order valence-corrected chi connectivity index (χ4v) is 1.95. The van der Waals surface area contributed by atoms with Crippen LogP contribution in [0, 0.1) is 6.92 Å². The SMILES string of the molecule is Cc1cc(NC(=O)CSc2nnc(C(F)(F)F)n2N)on1. The van der Waals surface area contributed by atoms with E-state index in [0.717, 1.165) is 0 Å². The Hall–Kier alpha value is -2.24. The van der Waals surface area contributed by atoms with Crippen LogP contribution in [0.4, 0.5) is 19.1 Å². The normalized spacial score (nSPS) is 11.6. The van der Waals surface area contributed by atoms with E-state index in [-0.39, 0.29) is 21.5 Å². The minimum absolute atomic E-state index is 0.142. The van der Waals surface area contributed by atoms with Gasteiger partial charge in [0.1, 0.15) is 0 Å². The predicted molar refractivity (Wildman–Crippen MR) is 65.8 cm³/mol. The number of nitrogen functional groups attached to an aromatic ring is 1. The van der Waals surface area contributed by atoms with Crippen LogP contribution in [0.2, 0.25) is 0 Å². The number of nitrogens with two attached hydrogens (primary N) is 1. The number of alkyl halides is 3. The monoisotopic (exact) mass is 322 g/mol. The molecule has 0 atom stereocenters. The highest BCUT2D eigenvalue weighted by atomic mass is 32.2. The summed E-state index contributed by atoms with van der Waals surface area (Å²) in [4.78, 5) is 11.6. The minimum Gasteiger partial charge on any atom is -0.338 e. The van der Waals surface area contributed by atoms with Gasteiger partial charge in [-0.1, -0.05) is 16.9 Å². The molecule has 0 fully saturated rings. The number of halogens is 3.